The van der Waals surface area contributed by atoms with Crippen LogP contribution in [0.25, 0.3) is 0 Å². The van der Waals surface area contributed by atoms with E-state index in [1.807, 2.05) is 13.8 Å². The summed E-state index contributed by atoms with van der Waals surface area (Å²) in [7, 11) is 0. The first-order chi connectivity index (χ1) is 5.41. The lowest BCUT2D eigenvalue weighted by molar-refractivity contribution is 0.540. The molecule has 0 saturated heterocycles. The van der Waals surface area contributed by atoms with Crippen LogP contribution >= 0.6 is 22.6 Å². The van der Waals surface area contributed by atoms with Crippen LogP contribution in [0.4, 0.5) is 4.39 Å². The summed E-state index contributed by atoms with van der Waals surface area (Å²) in [5.74, 6) is -0.232. The molecule has 0 atom stereocenters. The maximum atomic E-state index is 12.8. The maximum Gasteiger partial charge on any atom is 0.123 e. The number of hydrogen-bond donors (Lipinski definition) is 1. The first-order valence-electron chi connectivity index (χ1n) is 3.65. The van der Waals surface area contributed by atoms with Gasteiger partial charge in [0.1, 0.15) is 5.82 Å². The molecule has 1 aromatic rings. The van der Waals surface area contributed by atoms with E-state index >= 15 is 0 Å². The Kier molecular flexibility index (Phi) is 2.73. The van der Waals surface area contributed by atoms with Gasteiger partial charge < -0.3 is 5.73 Å². The van der Waals surface area contributed by atoms with Gasteiger partial charge in [-0.2, -0.15) is 0 Å². The number of hydrogen-bond acceptors (Lipinski definition) is 1. The predicted octanol–water partition coefficient (Wildman–Crippen LogP) is 2.62. The van der Waals surface area contributed by atoms with Gasteiger partial charge in [-0.1, -0.05) is 0 Å². The van der Waals surface area contributed by atoms with Gasteiger partial charge in [0.15, 0.2) is 0 Å². The van der Waals surface area contributed by atoms with Gasteiger partial charge in [-0.25, -0.2) is 4.39 Å². The molecule has 0 aliphatic heterocycles. The first kappa shape index (κ1) is 9.92. The minimum absolute atomic E-state index is 0.232. The molecule has 12 heavy (non-hydrogen) atoms. The van der Waals surface area contributed by atoms with Crippen LogP contribution < -0.4 is 5.73 Å². The van der Waals surface area contributed by atoms with E-state index in [2.05, 4.69) is 22.6 Å². The smallest absolute Gasteiger partial charge is 0.123 e. The molecule has 0 fully saturated rings. The molecule has 0 radical (unpaired) electrons. The molecule has 0 aliphatic carbocycles. The molecular weight excluding hydrogens is 268 g/mol. The highest BCUT2D eigenvalue weighted by Crippen LogP contribution is 2.23. The third-order valence-electron chi connectivity index (χ3n) is 1.62. The zero-order valence-corrected chi connectivity index (χ0v) is 9.22. The highest BCUT2D eigenvalue weighted by Gasteiger charge is 2.17. The molecule has 0 aliphatic rings. The van der Waals surface area contributed by atoms with Crippen LogP contribution in [0.1, 0.15) is 19.4 Å². The van der Waals surface area contributed by atoms with Gasteiger partial charge in [-0.3, -0.25) is 0 Å². The fraction of sp³-hybridized carbons (Fsp3) is 0.333. The quantitative estimate of drug-likeness (QED) is 0.786. The molecule has 0 unspecified atom stereocenters. The van der Waals surface area contributed by atoms with E-state index in [9.17, 15) is 4.39 Å². The van der Waals surface area contributed by atoms with Crippen molar-refractivity contribution in [2.75, 3.05) is 0 Å². The molecule has 0 amide bonds. The summed E-state index contributed by atoms with van der Waals surface area (Å²) in [6.07, 6.45) is 0. The lowest BCUT2D eigenvalue weighted by Crippen LogP contribution is -2.29. The molecule has 0 aromatic heterocycles. The lowest BCUT2D eigenvalue weighted by Gasteiger charge is -2.20. The minimum atomic E-state index is -0.474. The van der Waals surface area contributed by atoms with Crippen molar-refractivity contribution in [3.8, 4) is 0 Å². The maximum absolute atomic E-state index is 12.8. The van der Waals surface area contributed by atoms with E-state index in [1.165, 1.54) is 12.1 Å². The van der Waals surface area contributed by atoms with E-state index in [4.69, 9.17) is 5.73 Å². The zero-order chi connectivity index (χ0) is 9.35. The van der Waals surface area contributed by atoms with Gasteiger partial charge in [0, 0.05) is 9.11 Å². The first-order valence-corrected chi connectivity index (χ1v) is 4.73. The van der Waals surface area contributed by atoms with Crippen molar-refractivity contribution >= 4 is 22.6 Å². The number of benzene rings is 1. The van der Waals surface area contributed by atoms with E-state index in [-0.39, 0.29) is 5.82 Å². The fourth-order valence-corrected chi connectivity index (χ4v) is 2.02. The Bertz CT molecular complexity index is 291. The van der Waals surface area contributed by atoms with Crippen LogP contribution in [0.5, 0.6) is 0 Å². The van der Waals surface area contributed by atoms with E-state index in [1.54, 1.807) is 6.07 Å². The lowest BCUT2D eigenvalue weighted by atomic mass is 9.96. The van der Waals surface area contributed by atoms with Gasteiger partial charge >= 0.3 is 0 Å². The normalized spacial score (nSPS) is 11.8. The average molecular weight is 279 g/mol. The molecule has 1 aromatic carbocycles. The van der Waals surface area contributed by atoms with Gasteiger partial charge in [0.25, 0.3) is 0 Å². The van der Waals surface area contributed by atoms with Crippen molar-refractivity contribution in [1.82, 2.24) is 0 Å². The standard InChI is InChI=1S/C9H11FIN/c1-9(2,12)7-5-6(10)3-4-8(7)11/h3-5H,12H2,1-2H3. The van der Waals surface area contributed by atoms with Gasteiger partial charge in [-0.15, -0.1) is 0 Å². The second-order valence-electron chi connectivity index (χ2n) is 3.35. The zero-order valence-electron chi connectivity index (χ0n) is 7.07. The Morgan fingerprint density at radius 2 is 2.00 bits per heavy atom. The van der Waals surface area contributed by atoms with E-state index in [0.29, 0.717) is 0 Å². The van der Waals surface area contributed by atoms with Crippen LogP contribution in [-0.2, 0) is 5.54 Å². The molecule has 0 saturated carbocycles. The Hall–Kier alpha value is -0.160. The fourth-order valence-electron chi connectivity index (χ4n) is 0.991. The second kappa shape index (κ2) is 3.30. The largest absolute Gasteiger partial charge is 0.322 e. The van der Waals surface area contributed by atoms with E-state index < -0.39 is 5.54 Å². The van der Waals surface area contributed by atoms with Crippen LogP contribution in [0.3, 0.4) is 0 Å². The topological polar surface area (TPSA) is 26.0 Å². The van der Waals surface area contributed by atoms with Crippen LogP contribution in [0.15, 0.2) is 18.2 Å². The summed E-state index contributed by atoms with van der Waals surface area (Å²) in [5.41, 5.74) is 6.23. The van der Waals surface area contributed by atoms with Crippen molar-refractivity contribution in [3.63, 3.8) is 0 Å². The van der Waals surface area contributed by atoms with Gasteiger partial charge in [-0.05, 0) is 60.2 Å². The summed E-state index contributed by atoms with van der Waals surface area (Å²) in [4.78, 5) is 0. The molecule has 0 heterocycles. The number of rotatable bonds is 1. The summed E-state index contributed by atoms with van der Waals surface area (Å²) in [6, 6.07) is 4.67. The minimum Gasteiger partial charge on any atom is -0.322 e. The molecule has 3 heteroatoms. The summed E-state index contributed by atoms with van der Waals surface area (Å²) < 4.78 is 13.8. The predicted molar refractivity (Wildman–Crippen MR) is 56.3 cm³/mol. The van der Waals surface area contributed by atoms with Crippen molar-refractivity contribution < 1.29 is 4.39 Å². The monoisotopic (exact) mass is 279 g/mol. The van der Waals surface area contributed by atoms with Crippen LogP contribution in [-0.4, -0.2) is 0 Å². The Morgan fingerprint density at radius 3 is 2.42 bits per heavy atom. The Balaban J connectivity index is 3.23. The molecule has 0 bridgehead atoms. The molecular formula is C9H11FIN. The summed E-state index contributed by atoms with van der Waals surface area (Å²) in [6.45, 7) is 3.73. The highest BCUT2D eigenvalue weighted by atomic mass is 127. The molecule has 1 rings (SSSR count). The molecule has 1 nitrogen and oxygen atoms in total. The summed E-state index contributed by atoms with van der Waals surface area (Å²) >= 11 is 2.16. The third kappa shape index (κ3) is 2.17. The average Bonchev–Trinajstić information content (AvgIpc) is 1.92. The number of halogens is 2. The Morgan fingerprint density at radius 1 is 1.42 bits per heavy atom. The summed E-state index contributed by atoms with van der Waals surface area (Å²) in [5, 5.41) is 0. The second-order valence-corrected chi connectivity index (χ2v) is 4.51. The SMILES string of the molecule is CC(C)(N)c1cc(F)ccc1I. The molecule has 0 spiro atoms. The Labute approximate surface area is 85.3 Å². The molecule has 2 N–H and O–H groups in total. The third-order valence-corrected chi connectivity index (χ3v) is 2.56. The van der Waals surface area contributed by atoms with Gasteiger partial charge in [0.2, 0.25) is 0 Å². The number of nitrogens with two attached hydrogens (primary N) is 1. The highest BCUT2D eigenvalue weighted by molar-refractivity contribution is 14.1. The molecule has 66 valence electrons. The van der Waals surface area contributed by atoms with Gasteiger partial charge in [0.05, 0.1) is 0 Å². The van der Waals surface area contributed by atoms with Crippen molar-refractivity contribution in [1.29, 1.82) is 0 Å². The van der Waals surface area contributed by atoms with Crippen molar-refractivity contribution in [2.24, 2.45) is 5.73 Å². The van der Waals surface area contributed by atoms with E-state index in [0.717, 1.165) is 9.13 Å². The van der Waals surface area contributed by atoms with Crippen molar-refractivity contribution in [3.05, 3.63) is 33.1 Å². The van der Waals surface area contributed by atoms with Crippen LogP contribution in [0.2, 0.25) is 0 Å². The van der Waals surface area contributed by atoms with Crippen molar-refractivity contribution in [2.45, 2.75) is 19.4 Å². The van der Waals surface area contributed by atoms with Crippen LogP contribution in [0, 0.1) is 9.39 Å².